The van der Waals surface area contributed by atoms with Crippen LogP contribution in [-0.2, 0) is 16.0 Å². The van der Waals surface area contributed by atoms with Gasteiger partial charge in [-0.25, -0.2) is 4.39 Å². The standard InChI is InChI=1S/C29H28FNO7/c1-35-20-10-12-22(36-2)21(16-20)27(32)25-26(18-7-11-23(37-3)24(15-18)38-4)31(29(34)28(25)33)14-13-17-5-8-19(30)9-6-17/h5-12,15-16,26,32H,13-14H2,1-4H3/b27-25+. The number of Topliss-reactive ketones (excluding diaryl/α,β-unsaturated/α-hetero) is 1. The first kappa shape index (κ1) is 26.5. The molecule has 1 atom stereocenters. The number of benzene rings is 3. The van der Waals surface area contributed by atoms with Gasteiger partial charge in [0.05, 0.1) is 45.6 Å². The number of hydrogen-bond acceptors (Lipinski definition) is 7. The molecule has 1 aliphatic rings. The highest BCUT2D eigenvalue weighted by Crippen LogP contribution is 2.43. The number of carbonyl (C=O) groups excluding carboxylic acids is 2. The van der Waals surface area contributed by atoms with Gasteiger partial charge in [-0.2, -0.15) is 0 Å². The van der Waals surface area contributed by atoms with E-state index in [0.29, 0.717) is 35.0 Å². The Morgan fingerprint density at radius 1 is 0.842 bits per heavy atom. The first-order valence-electron chi connectivity index (χ1n) is 11.8. The van der Waals surface area contributed by atoms with E-state index < -0.39 is 23.5 Å². The molecule has 9 heteroatoms. The molecule has 1 unspecified atom stereocenters. The minimum Gasteiger partial charge on any atom is -0.507 e. The molecule has 0 radical (unpaired) electrons. The largest absolute Gasteiger partial charge is 0.507 e. The Kier molecular flexibility index (Phi) is 7.85. The lowest BCUT2D eigenvalue weighted by Crippen LogP contribution is -2.31. The van der Waals surface area contributed by atoms with E-state index in [-0.39, 0.29) is 23.5 Å². The summed E-state index contributed by atoms with van der Waals surface area (Å²) in [5, 5.41) is 11.5. The molecule has 0 saturated carbocycles. The molecule has 0 aromatic heterocycles. The zero-order chi connectivity index (χ0) is 27.4. The first-order chi connectivity index (χ1) is 18.3. The minimum atomic E-state index is -0.939. The monoisotopic (exact) mass is 521 g/mol. The van der Waals surface area contributed by atoms with Crippen LogP contribution in [0.3, 0.4) is 0 Å². The van der Waals surface area contributed by atoms with Crippen molar-refractivity contribution in [3.05, 3.63) is 88.7 Å². The lowest BCUT2D eigenvalue weighted by molar-refractivity contribution is -0.139. The average Bonchev–Trinajstić information content (AvgIpc) is 3.20. The van der Waals surface area contributed by atoms with Gasteiger partial charge in [0.15, 0.2) is 11.5 Å². The Morgan fingerprint density at radius 3 is 2.13 bits per heavy atom. The van der Waals surface area contributed by atoms with Crippen LogP contribution in [0.25, 0.3) is 5.76 Å². The molecule has 4 rings (SSSR count). The highest BCUT2D eigenvalue weighted by Gasteiger charge is 2.46. The third kappa shape index (κ3) is 5.00. The second-order valence-electron chi connectivity index (χ2n) is 8.55. The maximum absolute atomic E-state index is 13.4. The van der Waals surface area contributed by atoms with Crippen molar-refractivity contribution < 1.29 is 38.0 Å². The zero-order valence-corrected chi connectivity index (χ0v) is 21.5. The number of aliphatic hydroxyl groups is 1. The van der Waals surface area contributed by atoms with Gasteiger partial charge in [-0.1, -0.05) is 18.2 Å². The van der Waals surface area contributed by atoms with Gasteiger partial charge in [0, 0.05) is 6.54 Å². The summed E-state index contributed by atoms with van der Waals surface area (Å²) in [7, 11) is 5.89. The van der Waals surface area contributed by atoms with Crippen molar-refractivity contribution in [3.8, 4) is 23.0 Å². The van der Waals surface area contributed by atoms with Crippen LogP contribution in [0.1, 0.15) is 22.7 Å². The number of amides is 1. The summed E-state index contributed by atoms with van der Waals surface area (Å²) in [5.74, 6) is -0.786. The van der Waals surface area contributed by atoms with Crippen molar-refractivity contribution in [3.63, 3.8) is 0 Å². The van der Waals surface area contributed by atoms with Crippen LogP contribution in [0, 0.1) is 5.82 Å². The number of methoxy groups -OCH3 is 4. The highest BCUT2D eigenvalue weighted by atomic mass is 19.1. The molecule has 1 heterocycles. The van der Waals surface area contributed by atoms with E-state index in [1.165, 1.54) is 51.5 Å². The Balaban J connectivity index is 1.87. The predicted octanol–water partition coefficient (Wildman–Crippen LogP) is 4.52. The Bertz CT molecular complexity index is 1380. The van der Waals surface area contributed by atoms with Crippen molar-refractivity contribution in [2.75, 3.05) is 35.0 Å². The first-order valence-corrected chi connectivity index (χ1v) is 11.8. The van der Waals surface area contributed by atoms with E-state index in [4.69, 9.17) is 18.9 Å². The summed E-state index contributed by atoms with van der Waals surface area (Å²) >= 11 is 0. The fourth-order valence-corrected chi connectivity index (χ4v) is 4.52. The van der Waals surface area contributed by atoms with E-state index in [1.807, 2.05) is 0 Å². The smallest absolute Gasteiger partial charge is 0.295 e. The number of ether oxygens (including phenoxy) is 4. The summed E-state index contributed by atoms with van der Waals surface area (Å²) in [6.45, 7) is 0.140. The quantitative estimate of drug-likeness (QED) is 0.251. The molecule has 38 heavy (non-hydrogen) atoms. The third-order valence-electron chi connectivity index (χ3n) is 6.48. The van der Waals surface area contributed by atoms with Crippen LogP contribution in [0.15, 0.2) is 66.2 Å². The molecule has 198 valence electrons. The number of aliphatic hydroxyl groups excluding tert-OH is 1. The van der Waals surface area contributed by atoms with Crippen LogP contribution in [0.5, 0.6) is 23.0 Å². The molecule has 1 aliphatic heterocycles. The molecular formula is C29H28FNO7. The Hall–Kier alpha value is -4.53. The van der Waals surface area contributed by atoms with Crippen LogP contribution in [0.4, 0.5) is 4.39 Å². The minimum absolute atomic E-state index is 0.104. The van der Waals surface area contributed by atoms with Crippen LogP contribution < -0.4 is 18.9 Å². The molecular weight excluding hydrogens is 493 g/mol. The lowest BCUT2D eigenvalue weighted by atomic mass is 9.94. The van der Waals surface area contributed by atoms with Crippen molar-refractivity contribution in [2.24, 2.45) is 0 Å². The maximum atomic E-state index is 13.4. The molecule has 8 nitrogen and oxygen atoms in total. The van der Waals surface area contributed by atoms with E-state index in [0.717, 1.165) is 5.56 Å². The van der Waals surface area contributed by atoms with Crippen molar-refractivity contribution >= 4 is 17.4 Å². The molecule has 1 amide bonds. The van der Waals surface area contributed by atoms with Crippen LogP contribution >= 0.6 is 0 Å². The predicted molar refractivity (Wildman–Crippen MR) is 138 cm³/mol. The number of halogens is 1. The lowest BCUT2D eigenvalue weighted by Gasteiger charge is -2.26. The SMILES string of the molecule is COc1ccc(OC)c(/C(O)=C2\C(=O)C(=O)N(CCc3ccc(F)cc3)C2c2ccc(OC)c(OC)c2)c1. The summed E-state index contributed by atoms with van der Waals surface area (Å²) in [4.78, 5) is 28.1. The highest BCUT2D eigenvalue weighted by molar-refractivity contribution is 6.46. The number of nitrogens with zero attached hydrogens (tertiary/aromatic N) is 1. The van der Waals surface area contributed by atoms with Gasteiger partial charge in [0.25, 0.3) is 11.7 Å². The Morgan fingerprint density at radius 2 is 1.50 bits per heavy atom. The maximum Gasteiger partial charge on any atom is 0.295 e. The van der Waals surface area contributed by atoms with Gasteiger partial charge in [-0.3, -0.25) is 9.59 Å². The van der Waals surface area contributed by atoms with Gasteiger partial charge in [0.2, 0.25) is 0 Å². The summed E-state index contributed by atoms with van der Waals surface area (Å²) < 4.78 is 34.9. The van der Waals surface area contributed by atoms with E-state index in [9.17, 15) is 19.1 Å². The van der Waals surface area contributed by atoms with Gasteiger partial charge >= 0.3 is 0 Å². The molecule has 1 fully saturated rings. The fourth-order valence-electron chi connectivity index (χ4n) is 4.52. The van der Waals surface area contributed by atoms with Crippen molar-refractivity contribution in [1.82, 2.24) is 4.90 Å². The third-order valence-corrected chi connectivity index (χ3v) is 6.48. The Labute approximate surface area is 219 Å². The van der Waals surface area contributed by atoms with Crippen molar-refractivity contribution in [2.45, 2.75) is 12.5 Å². The van der Waals surface area contributed by atoms with Crippen LogP contribution in [-0.4, -0.2) is 56.7 Å². The van der Waals surface area contributed by atoms with Crippen LogP contribution in [0.2, 0.25) is 0 Å². The summed E-state index contributed by atoms with van der Waals surface area (Å²) in [5.41, 5.74) is 1.42. The van der Waals surface area contributed by atoms with E-state index >= 15 is 0 Å². The second kappa shape index (κ2) is 11.2. The molecule has 3 aromatic carbocycles. The second-order valence-corrected chi connectivity index (χ2v) is 8.55. The molecule has 0 aliphatic carbocycles. The van der Waals surface area contributed by atoms with Gasteiger partial charge < -0.3 is 29.0 Å². The molecule has 0 bridgehead atoms. The van der Waals surface area contributed by atoms with E-state index in [1.54, 1.807) is 42.5 Å². The summed E-state index contributed by atoms with van der Waals surface area (Å²) in [6, 6.07) is 14.8. The number of carbonyl (C=O) groups is 2. The zero-order valence-electron chi connectivity index (χ0n) is 21.5. The number of ketones is 1. The number of likely N-dealkylation sites (tertiary alicyclic amines) is 1. The van der Waals surface area contributed by atoms with Gasteiger partial charge in [0.1, 0.15) is 23.1 Å². The summed E-state index contributed by atoms with van der Waals surface area (Å²) in [6.07, 6.45) is 0.361. The molecule has 1 N–H and O–H groups in total. The van der Waals surface area contributed by atoms with Crippen molar-refractivity contribution in [1.29, 1.82) is 0 Å². The van der Waals surface area contributed by atoms with Gasteiger partial charge in [-0.15, -0.1) is 0 Å². The number of hydrogen-bond donors (Lipinski definition) is 1. The molecule has 3 aromatic rings. The topological polar surface area (TPSA) is 94.5 Å². The van der Waals surface area contributed by atoms with Gasteiger partial charge in [-0.05, 0) is 60.0 Å². The fraction of sp³-hybridized carbons (Fsp3) is 0.241. The van der Waals surface area contributed by atoms with E-state index in [2.05, 4.69) is 0 Å². The normalized spacial score (nSPS) is 16.4. The molecule has 1 saturated heterocycles. The number of rotatable bonds is 9. The molecule has 0 spiro atoms. The average molecular weight is 522 g/mol.